The van der Waals surface area contributed by atoms with E-state index in [9.17, 15) is 0 Å². The maximum atomic E-state index is 6.63. The maximum Gasteiger partial charge on any atom is 0.469 e. The van der Waals surface area contributed by atoms with Gasteiger partial charge in [-0.2, -0.15) is 0 Å². The van der Waals surface area contributed by atoms with Gasteiger partial charge in [0.15, 0.2) is 25.0 Å². The minimum atomic E-state index is -2.98. The van der Waals surface area contributed by atoms with Gasteiger partial charge in [-0.25, -0.2) is 0 Å². The van der Waals surface area contributed by atoms with E-state index in [0.29, 0.717) is 0 Å². The topological polar surface area (TPSA) is 64.6 Å². The third kappa shape index (κ3) is 27.0. The lowest BCUT2D eigenvalue weighted by Crippen LogP contribution is -2.60. The van der Waals surface area contributed by atoms with Gasteiger partial charge in [0.2, 0.25) is 0 Å². The number of rotatable bonds is 14. The van der Waals surface area contributed by atoms with Crippen molar-refractivity contribution in [3.63, 3.8) is 0 Å². The molecule has 15 heteroatoms. The highest BCUT2D eigenvalue weighted by molar-refractivity contribution is 6.89. The smallest absolute Gasteiger partial charge is 0.439 e. The van der Waals surface area contributed by atoms with Gasteiger partial charge < -0.3 is 28.8 Å². The Morgan fingerprint density at radius 1 is 0.361 bits per heavy atom. The van der Waals surface area contributed by atoms with Crippen molar-refractivity contribution in [2.75, 3.05) is 0 Å². The molecule has 36 heavy (non-hydrogen) atoms. The predicted octanol–water partition coefficient (Wildman–Crippen LogP) is 8.46. The van der Waals surface area contributed by atoms with E-state index in [2.05, 4.69) is 91.7 Å². The van der Waals surface area contributed by atoms with E-state index >= 15 is 0 Å². The normalized spacial score (nSPS) is 16.0. The Hall–Kier alpha value is 1.46. The molecule has 0 heterocycles. The summed E-state index contributed by atoms with van der Waals surface area (Å²) in [7, 11) is -16.9. The Morgan fingerprint density at radius 2 is 0.667 bits per heavy atom. The van der Waals surface area contributed by atoms with E-state index in [1.807, 2.05) is 13.1 Å². The van der Waals surface area contributed by atoms with Crippen molar-refractivity contribution in [2.24, 2.45) is 0 Å². The van der Waals surface area contributed by atoms with Crippen molar-refractivity contribution >= 4 is 69.4 Å². The van der Waals surface area contributed by atoms with Crippen LogP contribution in [0.4, 0.5) is 0 Å². The molecule has 0 saturated heterocycles. The minimum absolute atomic E-state index is 0. The van der Waals surface area contributed by atoms with Gasteiger partial charge in [-0.15, -0.1) is 0 Å². The zero-order chi connectivity index (χ0) is 25.1. The van der Waals surface area contributed by atoms with Crippen LogP contribution in [-0.2, 0) is 28.8 Å². The molecule has 0 fully saturated rings. The van der Waals surface area contributed by atoms with Crippen LogP contribution in [0.1, 0.15) is 37.1 Å². The second-order valence-corrected chi connectivity index (χ2v) is 40.4. The fourth-order valence-corrected chi connectivity index (χ4v) is 34.5. The first kappa shape index (κ1) is 50.3. The molecular formula is C21H70O7Si8. The minimum Gasteiger partial charge on any atom is -0.439 e. The molecule has 0 aliphatic carbocycles. The van der Waals surface area contributed by atoms with E-state index in [4.69, 9.17) is 28.8 Å². The summed E-state index contributed by atoms with van der Waals surface area (Å²) in [4.78, 5) is 0. The van der Waals surface area contributed by atoms with E-state index in [0.717, 1.165) is 0 Å². The molecule has 228 valence electrons. The monoisotopic (exact) mass is 658 g/mol. The SMILES string of the molecule is C.C.C.C.C.C[SiH](O[Si](C)(C)C)O[Si](C)(C)O[Si](C)(O[SiH](C)O[Si](C)(C)O[Si](C)(C)C)O[Si](C)(C)C. The zero-order valence-electron chi connectivity index (χ0n) is 23.0. The summed E-state index contributed by atoms with van der Waals surface area (Å²) in [5.74, 6) is 0. The first-order valence-corrected chi connectivity index (χ1v) is 33.4. The van der Waals surface area contributed by atoms with Gasteiger partial charge in [0.1, 0.15) is 0 Å². The van der Waals surface area contributed by atoms with E-state index < -0.39 is 69.4 Å². The molecule has 7 nitrogen and oxygen atoms in total. The zero-order valence-corrected chi connectivity index (χ0v) is 31.3. The Bertz CT molecular complexity index is 564. The first-order chi connectivity index (χ1) is 13.3. The van der Waals surface area contributed by atoms with E-state index in [1.165, 1.54) is 0 Å². The van der Waals surface area contributed by atoms with Gasteiger partial charge in [0, 0.05) is 6.55 Å². The molecule has 0 aromatic heterocycles. The van der Waals surface area contributed by atoms with Crippen molar-refractivity contribution in [3.8, 4) is 0 Å². The molecule has 0 bridgehead atoms. The summed E-state index contributed by atoms with van der Waals surface area (Å²) in [5, 5.41) is 0. The van der Waals surface area contributed by atoms with E-state index in [-0.39, 0.29) is 37.1 Å². The molecule has 0 radical (unpaired) electrons. The quantitative estimate of drug-likeness (QED) is 0.174. The third-order valence-corrected chi connectivity index (χ3v) is 29.5. The Morgan fingerprint density at radius 3 is 0.972 bits per heavy atom. The van der Waals surface area contributed by atoms with Gasteiger partial charge in [0.05, 0.1) is 0 Å². The summed E-state index contributed by atoms with van der Waals surface area (Å²) in [6.45, 7) is 34.0. The van der Waals surface area contributed by atoms with Gasteiger partial charge in [-0.1, -0.05) is 37.1 Å². The van der Waals surface area contributed by atoms with Crippen molar-refractivity contribution in [1.82, 2.24) is 0 Å². The Labute approximate surface area is 239 Å². The van der Waals surface area contributed by atoms with Crippen LogP contribution in [0.25, 0.3) is 0 Å². The molecular weight excluding hydrogens is 589 g/mol. The van der Waals surface area contributed by atoms with Crippen molar-refractivity contribution < 1.29 is 28.8 Å². The van der Waals surface area contributed by atoms with Gasteiger partial charge >= 0.3 is 35.2 Å². The lowest BCUT2D eigenvalue weighted by molar-refractivity contribution is 0.217. The molecule has 0 aliphatic heterocycles. The lowest BCUT2D eigenvalue weighted by atomic mass is 11.8. The average Bonchev–Trinajstić information content (AvgIpc) is 2.24. The fourth-order valence-electron chi connectivity index (χ4n) is 3.50. The highest BCUT2D eigenvalue weighted by atomic mass is 28.5. The highest BCUT2D eigenvalue weighted by Crippen LogP contribution is 2.26. The Kier molecular flexibility index (Phi) is 25.2. The second kappa shape index (κ2) is 18.0. The molecule has 0 N–H and O–H groups in total. The number of hydrogen-bond donors (Lipinski definition) is 0. The summed E-state index contributed by atoms with van der Waals surface area (Å²) >= 11 is 0. The first-order valence-electron chi connectivity index (χ1n) is 11.1. The molecule has 0 amide bonds. The van der Waals surface area contributed by atoms with Crippen molar-refractivity contribution in [3.05, 3.63) is 0 Å². The van der Waals surface area contributed by atoms with Gasteiger partial charge in [-0.05, 0) is 98.2 Å². The van der Waals surface area contributed by atoms with Crippen LogP contribution in [0.3, 0.4) is 0 Å². The van der Waals surface area contributed by atoms with Gasteiger partial charge in [-0.3, -0.25) is 0 Å². The molecule has 0 spiro atoms. The van der Waals surface area contributed by atoms with Crippen LogP contribution in [-0.4, -0.2) is 69.4 Å². The molecule has 0 aromatic carbocycles. The average molecular weight is 659 g/mol. The summed E-state index contributed by atoms with van der Waals surface area (Å²) in [6, 6.07) is 0. The molecule has 0 saturated carbocycles. The van der Waals surface area contributed by atoms with Crippen LogP contribution in [0, 0.1) is 0 Å². The second-order valence-electron chi connectivity index (χ2n) is 11.9. The summed E-state index contributed by atoms with van der Waals surface area (Å²) in [6.07, 6.45) is 0. The predicted molar refractivity (Wildman–Crippen MR) is 184 cm³/mol. The molecule has 0 aliphatic rings. The van der Waals surface area contributed by atoms with Crippen molar-refractivity contribution in [1.29, 1.82) is 0 Å². The lowest BCUT2D eigenvalue weighted by Gasteiger charge is -2.41. The number of hydrogen-bond acceptors (Lipinski definition) is 7. The Balaban J connectivity index is -0.000000450. The van der Waals surface area contributed by atoms with Crippen LogP contribution in [0.15, 0.2) is 0 Å². The van der Waals surface area contributed by atoms with Gasteiger partial charge in [0.25, 0.3) is 9.28 Å². The van der Waals surface area contributed by atoms with Crippen LogP contribution in [0.5, 0.6) is 0 Å². The largest absolute Gasteiger partial charge is 0.469 e. The molecule has 3 unspecified atom stereocenters. The summed E-state index contributed by atoms with van der Waals surface area (Å²) < 4.78 is 45.1. The molecule has 3 atom stereocenters. The van der Waals surface area contributed by atoms with E-state index in [1.54, 1.807) is 0 Å². The van der Waals surface area contributed by atoms with Crippen LogP contribution >= 0.6 is 0 Å². The van der Waals surface area contributed by atoms with Crippen LogP contribution in [0.2, 0.25) is 105 Å². The van der Waals surface area contributed by atoms with Crippen molar-refractivity contribution in [2.45, 2.75) is 142 Å². The maximum absolute atomic E-state index is 6.63. The highest BCUT2D eigenvalue weighted by Gasteiger charge is 2.48. The molecule has 0 aromatic rings. The van der Waals surface area contributed by atoms with Crippen LogP contribution < -0.4 is 0 Å². The fraction of sp³-hybridized carbons (Fsp3) is 1.00. The summed E-state index contributed by atoms with van der Waals surface area (Å²) in [5.41, 5.74) is 0. The molecule has 0 rings (SSSR count). The third-order valence-electron chi connectivity index (χ3n) is 3.27. The standard InChI is InChI=1S/C16H50O7Si8.5CH4/c1-24(17-26(3,4)5)18-30(14,15)23-31(16,22-28(9,10)11)20-25(2)19-29(12,13)21-27(6,7)8;;;;;/h24-25H,1-16H3;5*1H4.